The summed E-state index contributed by atoms with van der Waals surface area (Å²) in [5, 5.41) is 0. The third-order valence-electron chi connectivity index (χ3n) is 4.21. The molecule has 2 heteroatoms. The molecule has 0 amide bonds. The highest BCUT2D eigenvalue weighted by molar-refractivity contribution is 4.50. The molecule has 0 aromatic carbocycles. The predicted molar refractivity (Wildman–Crippen MR) is 97.1 cm³/mol. The van der Waals surface area contributed by atoms with Crippen molar-refractivity contribution in [2.75, 3.05) is 13.2 Å². The lowest BCUT2D eigenvalue weighted by atomic mass is 10.0. The summed E-state index contributed by atoms with van der Waals surface area (Å²) in [6.07, 6.45) is 19.6. The maximum Gasteiger partial charge on any atom is 0.0822 e. The van der Waals surface area contributed by atoms with Crippen LogP contribution in [0.2, 0.25) is 0 Å². The van der Waals surface area contributed by atoms with E-state index in [-0.39, 0.29) is 0 Å². The molecule has 0 unspecified atom stereocenters. The molecule has 0 bridgehead atoms. The SMILES string of the molecule is CCOOCCCCCCCCCCCCCCCC(C)C. The van der Waals surface area contributed by atoms with E-state index in [9.17, 15) is 0 Å². The molecule has 0 N–H and O–H groups in total. The summed E-state index contributed by atoms with van der Waals surface area (Å²) in [6, 6.07) is 0. The fourth-order valence-electron chi connectivity index (χ4n) is 2.80. The minimum absolute atomic E-state index is 0.651. The molecular weight excluding hydrogens is 272 g/mol. The minimum atomic E-state index is 0.651. The van der Waals surface area contributed by atoms with Crippen LogP contribution in [0.1, 0.15) is 111 Å². The van der Waals surface area contributed by atoms with Crippen LogP contribution in [0.3, 0.4) is 0 Å². The third-order valence-corrected chi connectivity index (χ3v) is 4.21. The Morgan fingerprint density at radius 2 is 0.955 bits per heavy atom. The van der Waals surface area contributed by atoms with Gasteiger partial charge in [-0.15, -0.1) is 0 Å². The van der Waals surface area contributed by atoms with Gasteiger partial charge in [0.05, 0.1) is 13.2 Å². The largest absolute Gasteiger partial charge is 0.237 e. The second-order valence-electron chi connectivity index (χ2n) is 7.01. The first-order valence-electron chi connectivity index (χ1n) is 10.0. The molecule has 0 saturated heterocycles. The van der Waals surface area contributed by atoms with Crippen LogP contribution in [-0.2, 0) is 9.78 Å². The Morgan fingerprint density at radius 1 is 0.545 bits per heavy atom. The van der Waals surface area contributed by atoms with Gasteiger partial charge < -0.3 is 0 Å². The molecule has 0 aromatic heterocycles. The normalized spacial score (nSPS) is 11.5. The lowest BCUT2D eigenvalue weighted by molar-refractivity contribution is -0.291. The van der Waals surface area contributed by atoms with Gasteiger partial charge in [0.25, 0.3) is 0 Å². The Labute approximate surface area is 140 Å². The summed E-state index contributed by atoms with van der Waals surface area (Å²) >= 11 is 0. The van der Waals surface area contributed by atoms with E-state index in [1.165, 1.54) is 83.5 Å². The summed E-state index contributed by atoms with van der Waals surface area (Å²) in [7, 11) is 0. The molecule has 0 aliphatic carbocycles. The monoisotopic (exact) mass is 314 g/mol. The molecule has 0 spiro atoms. The van der Waals surface area contributed by atoms with Crippen molar-refractivity contribution in [3.05, 3.63) is 0 Å². The smallest absolute Gasteiger partial charge is 0.0822 e. The van der Waals surface area contributed by atoms with Gasteiger partial charge >= 0.3 is 0 Å². The van der Waals surface area contributed by atoms with Crippen molar-refractivity contribution >= 4 is 0 Å². The molecule has 2 nitrogen and oxygen atoms in total. The van der Waals surface area contributed by atoms with Gasteiger partial charge in [-0.05, 0) is 19.3 Å². The fourth-order valence-corrected chi connectivity index (χ4v) is 2.80. The lowest BCUT2D eigenvalue weighted by Gasteiger charge is -2.05. The van der Waals surface area contributed by atoms with Gasteiger partial charge in [0.2, 0.25) is 0 Å². The molecule has 0 atom stereocenters. The molecular formula is C20H42O2. The average molecular weight is 315 g/mol. The van der Waals surface area contributed by atoms with Crippen molar-refractivity contribution in [2.45, 2.75) is 111 Å². The second-order valence-corrected chi connectivity index (χ2v) is 7.01. The summed E-state index contributed by atoms with van der Waals surface area (Å²) in [5.74, 6) is 0.886. The minimum Gasteiger partial charge on any atom is -0.237 e. The van der Waals surface area contributed by atoms with Crippen molar-refractivity contribution < 1.29 is 9.78 Å². The van der Waals surface area contributed by atoms with Gasteiger partial charge in [-0.3, -0.25) is 0 Å². The highest BCUT2D eigenvalue weighted by Gasteiger charge is 1.96. The van der Waals surface area contributed by atoms with Crippen molar-refractivity contribution in [3.8, 4) is 0 Å². The van der Waals surface area contributed by atoms with Crippen molar-refractivity contribution in [3.63, 3.8) is 0 Å². The van der Waals surface area contributed by atoms with Crippen molar-refractivity contribution in [1.82, 2.24) is 0 Å². The summed E-state index contributed by atoms with van der Waals surface area (Å²) in [6.45, 7) is 8.01. The van der Waals surface area contributed by atoms with Gasteiger partial charge in [-0.25, -0.2) is 9.78 Å². The summed E-state index contributed by atoms with van der Waals surface area (Å²) < 4.78 is 0. The molecule has 0 rings (SSSR count). The highest BCUT2D eigenvalue weighted by atomic mass is 17.2. The average Bonchev–Trinajstić information content (AvgIpc) is 2.50. The van der Waals surface area contributed by atoms with E-state index in [0.717, 1.165) is 18.9 Å². The number of unbranched alkanes of at least 4 members (excludes halogenated alkanes) is 12. The van der Waals surface area contributed by atoms with Crippen LogP contribution in [0.4, 0.5) is 0 Å². The third kappa shape index (κ3) is 19.9. The zero-order valence-corrected chi connectivity index (χ0v) is 15.7. The second kappa shape index (κ2) is 19.0. The predicted octanol–water partition coefficient (Wildman–Crippen LogP) is 7.07. The first-order valence-corrected chi connectivity index (χ1v) is 10.0. The zero-order valence-electron chi connectivity index (χ0n) is 15.7. The Bertz CT molecular complexity index is 192. The maximum atomic E-state index is 5.00. The van der Waals surface area contributed by atoms with Crippen LogP contribution in [0.5, 0.6) is 0 Å². The van der Waals surface area contributed by atoms with E-state index >= 15 is 0 Å². The first kappa shape index (κ1) is 21.9. The van der Waals surface area contributed by atoms with Crippen LogP contribution in [0.15, 0.2) is 0 Å². The molecule has 0 radical (unpaired) electrons. The molecule has 0 aliphatic rings. The molecule has 0 fully saturated rings. The van der Waals surface area contributed by atoms with Crippen LogP contribution in [0, 0.1) is 5.92 Å². The van der Waals surface area contributed by atoms with Gasteiger partial charge in [-0.1, -0.05) is 97.3 Å². The molecule has 0 aromatic rings. The van der Waals surface area contributed by atoms with E-state index in [2.05, 4.69) is 13.8 Å². The molecule has 22 heavy (non-hydrogen) atoms. The lowest BCUT2D eigenvalue weighted by Crippen LogP contribution is -1.95. The zero-order chi connectivity index (χ0) is 16.3. The molecule has 0 aliphatic heterocycles. The first-order chi connectivity index (χ1) is 10.8. The Balaban J connectivity index is 2.94. The van der Waals surface area contributed by atoms with Crippen molar-refractivity contribution in [2.24, 2.45) is 5.92 Å². The van der Waals surface area contributed by atoms with E-state index in [4.69, 9.17) is 9.78 Å². The summed E-state index contributed by atoms with van der Waals surface area (Å²) in [5.41, 5.74) is 0. The van der Waals surface area contributed by atoms with E-state index < -0.39 is 0 Å². The van der Waals surface area contributed by atoms with Crippen LogP contribution in [-0.4, -0.2) is 13.2 Å². The molecule has 0 saturated carbocycles. The fraction of sp³-hybridized carbons (Fsp3) is 1.00. The van der Waals surface area contributed by atoms with E-state index in [0.29, 0.717) is 6.61 Å². The van der Waals surface area contributed by atoms with Crippen molar-refractivity contribution in [1.29, 1.82) is 0 Å². The van der Waals surface area contributed by atoms with Gasteiger partial charge in [0.1, 0.15) is 0 Å². The molecule has 0 heterocycles. The quantitative estimate of drug-likeness (QED) is 0.153. The summed E-state index contributed by atoms with van der Waals surface area (Å²) in [4.78, 5) is 9.86. The standard InChI is InChI=1S/C20H42O2/c1-4-21-22-19-17-15-13-11-9-7-5-6-8-10-12-14-16-18-20(2)3/h20H,4-19H2,1-3H3. The van der Waals surface area contributed by atoms with Crippen LogP contribution < -0.4 is 0 Å². The maximum absolute atomic E-state index is 5.00. The van der Waals surface area contributed by atoms with E-state index in [1.54, 1.807) is 0 Å². The van der Waals surface area contributed by atoms with Gasteiger partial charge in [-0.2, -0.15) is 0 Å². The Kier molecular flexibility index (Phi) is 18.9. The molecule has 134 valence electrons. The van der Waals surface area contributed by atoms with Gasteiger partial charge in [0.15, 0.2) is 0 Å². The van der Waals surface area contributed by atoms with Crippen LogP contribution in [0.25, 0.3) is 0 Å². The van der Waals surface area contributed by atoms with E-state index in [1.807, 2.05) is 6.92 Å². The number of hydrogen-bond donors (Lipinski definition) is 0. The topological polar surface area (TPSA) is 18.5 Å². The highest BCUT2D eigenvalue weighted by Crippen LogP contribution is 2.14. The van der Waals surface area contributed by atoms with Crippen LogP contribution >= 0.6 is 0 Å². The number of hydrogen-bond acceptors (Lipinski definition) is 2. The number of rotatable bonds is 18. The Hall–Kier alpha value is -0.0800. The van der Waals surface area contributed by atoms with Gasteiger partial charge in [0, 0.05) is 0 Å². The Morgan fingerprint density at radius 3 is 1.36 bits per heavy atom.